The standard InChI is InChI=1S/C25H33N3O.ClH/c1-18-8-9-20(3)24(16-18)27-12-14-28(15-13-27)25(29)23-17-26-11-10-22(23)21-7-5-4-6-19(21)2;/h4-9,16,22-23,26H,10-15,17H2,1-3H3;1H/t22-,23+;/m0./s1. The van der Waals surface area contributed by atoms with Gasteiger partial charge in [-0.2, -0.15) is 0 Å². The third-order valence-electron chi connectivity index (χ3n) is 6.68. The van der Waals surface area contributed by atoms with E-state index in [1.54, 1.807) is 0 Å². The molecule has 2 aromatic rings. The molecule has 2 heterocycles. The number of carbonyl (C=O) groups is 1. The summed E-state index contributed by atoms with van der Waals surface area (Å²) in [6.45, 7) is 11.7. The predicted octanol–water partition coefficient (Wildman–Crippen LogP) is 4.08. The molecular weight excluding hydrogens is 394 g/mol. The number of piperazine rings is 1. The number of nitrogens with one attached hydrogen (secondary N) is 1. The van der Waals surface area contributed by atoms with Gasteiger partial charge in [-0.3, -0.25) is 4.79 Å². The van der Waals surface area contributed by atoms with Crippen LogP contribution in [0.25, 0.3) is 0 Å². The summed E-state index contributed by atoms with van der Waals surface area (Å²) < 4.78 is 0. The van der Waals surface area contributed by atoms with Crippen LogP contribution in [0.3, 0.4) is 0 Å². The normalized spacial score (nSPS) is 21.8. The first-order valence-electron chi connectivity index (χ1n) is 10.9. The Kier molecular flexibility index (Phi) is 7.43. The van der Waals surface area contributed by atoms with E-state index in [1.807, 2.05) is 0 Å². The second-order valence-electron chi connectivity index (χ2n) is 8.66. The van der Waals surface area contributed by atoms with Crippen molar-refractivity contribution in [2.45, 2.75) is 33.1 Å². The largest absolute Gasteiger partial charge is 0.368 e. The van der Waals surface area contributed by atoms with Gasteiger partial charge in [-0.05, 0) is 68.0 Å². The molecule has 2 saturated heterocycles. The van der Waals surface area contributed by atoms with Crippen molar-refractivity contribution in [3.05, 3.63) is 64.7 Å². The molecule has 0 spiro atoms. The number of anilines is 1. The second-order valence-corrected chi connectivity index (χ2v) is 8.66. The molecule has 0 aliphatic carbocycles. The van der Waals surface area contributed by atoms with Crippen LogP contribution in [0.1, 0.15) is 34.6 Å². The lowest BCUT2D eigenvalue weighted by Gasteiger charge is -2.41. The smallest absolute Gasteiger partial charge is 0.227 e. The molecule has 2 atom stereocenters. The number of hydrogen-bond donors (Lipinski definition) is 1. The maximum absolute atomic E-state index is 13.5. The van der Waals surface area contributed by atoms with E-state index in [-0.39, 0.29) is 18.3 Å². The first kappa shape index (κ1) is 22.6. The van der Waals surface area contributed by atoms with Crippen molar-refractivity contribution in [2.75, 3.05) is 44.2 Å². The Morgan fingerprint density at radius 3 is 2.43 bits per heavy atom. The van der Waals surface area contributed by atoms with Crippen LogP contribution in [0.15, 0.2) is 42.5 Å². The fraction of sp³-hybridized carbons (Fsp3) is 0.480. The van der Waals surface area contributed by atoms with Crippen molar-refractivity contribution in [1.29, 1.82) is 0 Å². The molecule has 0 unspecified atom stereocenters. The van der Waals surface area contributed by atoms with Crippen LogP contribution in [-0.2, 0) is 4.79 Å². The van der Waals surface area contributed by atoms with Gasteiger partial charge in [-0.1, -0.05) is 36.4 Å². The van der Waals surface area contributed by atoms with Gasteiger partial charge in [0.25, 0.3) is 0 Å². The SMILES string of the molecule is Cc1ccc(C)c(N2CCN(C(=O)[C@@H]3CNCC[C@H]3c3ccccc3C)CC2)c1.Cl. The second kappa shape index (κ2) is 9.84. The molecule has 30 heavy (non-hydrogen) atoms. The number of piperidine rings is 1. The minimum Gasteiger partial charge on any atom is -0.368 e. The number of amides is 1. The van der Waals surface area contributed by atoms with Crippen molar-refractivity contribution < 1.29 is 4.79 Å². The zero-order chi connectivity index (χ0) is 20.4. The van der Waals surface area contributed by atoms with Gasteiger partial charge in [0.1, 0.15) is 0 Å². The molecule has 4 nitrogen and oxygen atoms in total. The molecule has 162 valence electrons. The number of carbonyl (C=O) groups excluding carboxylic acids is 1. The van der Waals surface area contributed by atoms with Crippen molar-refractivity contribution in [3.63, 3.8) is 0 Å². The molecule has 2 aliphatic rings. The molecule has 5 heteroatoms. The Morgan fingerprint density at radius 2 is 1.70 bits per heavy atom. The van der Waals surface area contributed by atoms with Crippen LogP contribution in [0.2, 0.25) is 0 Å². The van der Waals surface area contributed by atoms with E-state index >= 15 is 0 Å². The van der Waals surface area contributed by atoms with E-state index in [4.69, 9.17) is 0 Å². The fourth-order valence-corrected chi connectivity index (χ4v) is 4.96. The maximum atomic E-state index is 13.5. The van der Waals surface area contributed by atoms with Gasteiger partial charge < -0.3 is 15.1 Å². The molecule has 2 aliphatic heterocycles. The molecular formula is C25H34ClN3O. The summed E-state index contributed by atoms with van der Waals surface area (Å²) in [6, 6.07) is 15.2. The lowest BCUT2D eigenvalue weighted by atomic mass is 9.78. The topological polar surface area (TPSA) is 35.6 Å². The van der Waals surface area contributed by atoms with Crippen LogP contribution < -0.4 is 10.2 Å². The Labute approximate surface area is 187 Å². The van der Waals surface area contributed by atoms with Gasteiger partial charge in [0, 0.05) is 38.4 Å². The lowest BCUT2D eigenvalue weighted by Crippen LogP contribution is -2.53. The molecule has 2 fully saturated rings. The zero-order valence-corrected chi connectivity index (χ0v) is 19.2. The van der Waals surface area contributed by atoms with E-state index in [0.29, 0.717) is 11.8 Å². The first-order valence-corrected chi connectivity index (χ1v) is 10.9. The van der Waals surface area contributed by atoms with Gasteiger partial charge >= 0.3 is 0 Å². The Balaban J connectivity index is 0.00000256. The van der Waals surface area contributed by atoms with Crippen LogP contribution in [0.4, 0.5) is 5.69 Å². The number of benzene rings is 2. The maximum Gasteiger partial charge on any atom is 0.227 e. The summed E-state index contributed by atoms with van der Waals surface area (Å²) in [5.74, 6) is 0.685. The predicted molar refractivity (Wildman–Crippen MR) is 127 cm³/mol. The Morgan fingerprint density at radius 1 is 0.967 bits per heavy atom. The fourth-order valence-electron chi connectivity index (χ4n) is 4.96. The monoisotopic (exact) mass is 427 g/mol. The Hall–Kier alpha value is -2.04. The van der Waals surface area contributed by atoms with Gasteiger partial charge in [-0.15, -0.1) is 12.4 Å². The summed E-state index contributed by atoms with van der Waals surface area (Å²) in [7, 11) is 0. The summed E-state index contributed by atoms with van der Waals surface area (Å²) in [6.07, 6.45) is 1.03. The molecule has 0 radical (unpaired) electrons. The van der Waals surface area contributed by atoms with Crippen LogP contribution in [0.5, 0.6) is 0 Å². The molecule has 1 amide bonds. The molecule has 4 rings (SSSR count). The number of nitrogens with zero attached hydrogens (tertiary/aromatic N) is 2. The molecule has 0 bridgehead atoms. The molecule has 0 aromatic heterocycles. The highest BCUT2D eigenvalue weighted by Gasteiger charge is 2.36. The molecule has 0 saturated carbocycles. The number of rotatable bonds is 3. The van der Waals surface area contributed by atoms with Crippen molar-refractivity contribution in [3.8, 4) is 0 Å². The summed E-state index contributed by atoms with van der Waals surface area (Å²) >= 11 is 0. The molecule has 1 N–H and O–H groups in total. The number of halogens is 1. The van der Waals surface area contributed by atoms with Gasteiger partial charge in [0.15, 0.2) is 0 Å². The van der Waals surface area contributed by atoms with Crippen molar-refractivity contribution >= 4 is 24.0 Å². The van der Waals surface area contributed by atoms with E-state index in [2.05, 4.69) is 78.4 Å². The van der Waals surface area contributed by atoms with E-state index in [9.17, 15) is 4.79 Å². The lowest BCUT2D eigenvalue weighted by molar-refractivity contribution is -0.137. The van der Waals surface area contributed by atoms with E-state index < -0.39 is 0 Å². The van der Waals surface area contributed by atoms with Crippen LogP contribution in [0, 0.1) is 26.7 Å². The van der Waals surface area contributed by atoms with Crippen LogP contribution >= 0.6 is 12.4 Å². The highest BCUT2D eigenvalue weighted by Crippen LogP contribution is 2.34. The minimum atomic E-state index is 0. The summed E-state index contributed by atoms with van der Waals surface area (Å²) in [5, 5.41) is 3.46. The highest BCUT2D eigenvalue weighted by molar-refractivity contribution is 5.85. The van der Waals surface area contributed by atoms with Gasteiger partial charge in [0.2, 0.25) is 5.91 Å². The van der Waals surface area contributed by atoms with Crippen molar-refractivity contribution in [2.24, 2.45) is 5.92 Å². The highest BCUT2D eigenvalue weighted by atomic mass is 35.5. The number of hydrogen-bond acceptors (Lipinski definition) is 3. The third-order valence-corrected chi connectivity index (χ3v) is 6.68. The van der Waals surface area contributed by atoms with E-state index in [0.717, 1.165) is 45.7 Å². The third kappa shape index (κ3) is 4.65. The van der Waals surface area contributed by atoms with Gasteiger partial charge in [-0.25, -0.2) is 0 Å². The summed E-state index contributed by atoms with van der Waals surface area (Å²) in [4.78, 5) is 18.0. The van der Waals surface area contributed by atoms with Crippen molar-refractivity contribution in [1.82, 2.24) is 10.2 Å². The summed E-state index contributed by atoms with van der Waals surface area (Å²) in [5.41, 5.74) is 6.57. The van der Waals surface area contributed by atoms with Gasteiger partial charge in [0.05, 0.1) is 5.92 Å². The first-order chi connectivity index (χ1) is 14.0. The molecule has 2 aromatic carbocycles. The quantitative estimate of drug-likeness (QED) is 0.801. The van der Waals surface area contributed by atoms with E-state index in [1.165, 1.54) is 27.9 Å². The minimum absolute atomic E-state index is 0. The zero-order valence-electron chi connectivity index (χ0n) is 18.4. The van der Waals surface area contributed by atoms with Crippen LogP contribution in [-0.4, -0.2) is 50.1 Å². The Bertz CT molecular complexity index is 876. The average Bonchev–Trinajstić information content (AvgIpc) is 2.75. The average molecular weight is 428 g/mol. The number of aryl methyl sites for hydroxylation is 3.